The molecule has 354 valence electrons. The van der Waals surface area contributed by atoms with Crippen molar-refractivity contribution in [2.75, 3.05) is 47.5 Å². The Morgan fingerprint density at radius 1 is 0.587 bits per heavy atom. The second kappa shape index (κ2) is 42.1. The van der Waals surface area contributed by atoms with Crippen molar-refractivity contribution >= 4 is 19.8 Å². The van der Waals surface area contributed by atoms with Crippen molar-refractivity contribution in [3.8, 4) is 0 Å². The first-order chi connectivity index (χ1) is 30.4. The molecule has 0 aliphatic carbocycles. The van der Waals surface area contributed by atoms with Crippen LogP contribution in [0.4, 0.5) is 0 Å². The van der Waals surface area contributed by atoms with Gasteiger partial charge in [-0.15, -0.1) is 0 Å². The first-order valence-electron chi connectivity index (χ1n) is 23.0. The number of aliphatic hydroxyl groups is 1. The fourth-order valence-electron chi connectivity index (χ4n) is 5.16. The number of likely N-dealkylation sites (N-methyl/N-ethyl adjacent to an activating group) is 1. The first kappa shape index (κ1) is 59.1. The minimum Gasteiger partial charge on any atom is -0.462 e. The van der Waals surface area contributed by atoms with E-state index in [0.717, 1.165) is 51.4 Å². The number of ether oxygens (including phenoxy) is 2. The molecule has 10 nitrogen and oxygen atoms in total. The van der Waals surface area contributed by atoms with Crippen LogP contribution in [-0.2, 0) is 32.7 Å². The van der Waals surface area contributed by atoms with Crippen LogP contribution in [0.15, 0.2) is 134 Å². The van der Waals surface area contributed by atoms with Gasteiger partial charge in [0.15, 0.2) is 6.10 Å². The normalized spacial score (nSPS) is 15.2. The van der Waals surface area contributed by atoms with E-state index in [1.807, 2.05) is 75.8 Å². The number of hydrogen-bond donors (Lipinski definition) is 2. The second-order valence-electron chi connectivity index (χ2n) is 15.9. The molecule has 0 rings (SSSR count). The molecule has 0 aromatic carbocycles. The molecule has 0 saturated heterocycles. The lowest BCUT2D eigenvalue weighted by Gasteiger charge is -2.24. The number of aliphatic hydroxyl groups excluding tert-OH is 1. The number of phosphoric ester groups is 1. The van der Waals surface area contributed by atoms with E-state index in [0.29, 0.717) is 30.3 Å². The van der Waals surface area contributed by atoms with Gasteiger partial charge < -0.3 is 24.0 Å². The maximum Gasteiger partial charge on any atom is 0.472 e. The van der Waals surface area contributed by atoms with E-state index in [-0.39, 0.29) is 26.1 Å². The summed E-state index contributed by atoms with van der Waals surface area (Å²) < 4.78 is 34.1. The van der Waals surface area contributed by atoms with Crippen molar-refractivity contribution in [2.24, 2.45) is 0 Å². The molecule has 0 radical (unpaired) electrons. The van der Waals surface area contributed by atoms with Crippen LogP contribution in [0.25, 0.3) is 0 Å². The lowest BCUT2D eigenvalue weighted by molar-refractivity contribution is -0.870. The summed E-state index contributed by atoms with van der Waals surface area (Å²) in [5.74, 6) is -1.03. The Kier molecular flexibility index (Phi) is 39.5. The van der Waals surface area contributed by atoms with Crippen LogP contribution in [0.5, 0.6) is 0 Å². The molecular weight excluding hydrogens is 814 g/mol. The number of unbranched alkanes of at least 4 members (excludes halogenated alkanes) is 3. The van der Waals surface area contributed by atoms with Gasteiger partial charge in [0.25, 0.3) is 0 Å². The molecular formula is C52H83NO9P+. The summed E-state index contributed by atoms with van der Waals surface area (Å²) >= 11 is 0. The maximum absolute atomic E-state index is 12.7. The van der Waals surface area contributed by atoms with Gasteiger partial charge in [0.05, 0.1) is 33.9 Å². The topological polar surface area (TPSA) is 129 Å². The fraction of sp³-hybridized carbons (Fsp3) is 0.538. The molecule has 0 spiro atoms. The molecule has 63 heavy (non-hydrogen) atoms. The van der Waals surface area contributed by atoms with Gasteiger partial charge in [-0.3, -0.25) is 18.6 Å². The van der Waals surface area contributed by atoms with Gasteiger partial charge in [-0.1, -0.05) is 160 Å². The Morgan fingerprint density at radius 3 is 1.59 bits per heavy atom. The van der Waals surface area contributed by atoms with Crippen LogP contribution in [0.2, 0.25) is 0 Å². The number of nitrogens with zero attached hydrogens (tertiary/aromatic N) is 1. The minimum atomic E-state index is -4.43. The molecule has 0 amide bonds. The van der Waals surface area contributed by atoms with Crippen LogP contribution in [0, 0.1) is 0 Å². The largest absolute Gasteiger partial charge is 0.472 e. The smallest absolute Gasteiger partial charge is 0.462 e. The maximum atomic E-state index is 12.7. The van der Waals surface area contributed by atoms with E-state index < -0.39 is 38.6 Å². The number of hydrogen-bond acceptors (Lipinski definition) is 8. The minimum absolute atomic E-state index is 0.00782. The fourth-order valence-corrected chi connectivity index (χ4v) is 5.90. The van der Waals surface area contributed by atoms with Crippen molar-refractivity contribution in [1.29, 1.82) is 0 Å². The first-order valence-corrected chi connectivity index (χ1v) is 24.5. The molecule has 0 fully saturated rings. The zero-order chi connectivity index (χ0) is 46.5. The van der Waals surface area contributed by atoms with Crippen molar-refractivity contribution in [3.05, 3.63) is 134 Å². The standard InChI is InChI=1S/C52H82NO9P/c1-6-8-10-11-12-13-14-15-16-17-18-19-20-23-27-30-33-36-40-44-52(56)62-50(48-61-63(57,58)60-46-45-53(3,4)5)47-59-51(55)43-39-35-32-29-26-24-21-22-25-28-31-34-38-42-49(54)41-37-9-7-2/h9,12-13,15-16,18-19,22-27,31-38,42,49-50,54H,6-8,10-11,14,17,20-21,28-30,39-41,43-48H2,1-5H3/p+1/b13-12-,16-15-,19-18-,25-22-,26-24-,27-23-,34-31+,35-32-,36-33-,37-9-,42-38+/t49?,50-/m1/s1. The summed E-state index contributed by atoms with van der Waals surface area (Å²) in [6.07, 6.45) is 57.2. The van der Waals surface area contributed by atoms with Crippen LogP contribution >= 0.6 is 7.82 Å². The number of allylic oxidation sites excluding steroid dienone is 20. The molecule has 0 heterocycles. The van der Waals surface area contributed by atoms with Gasteiger partial charge >= 0.3 is 19.8 Å². The van der Waals surface area contributed by atoms with E-state index in [4.69, 9.17) is 18.5 Å². The second-order valence-corrected chi connectivity index (χ2v) is 17.3. The van der Waals surface area contributed by atoms with Gasteiger partial charge in [-0.2, -0.15) is 0 Å². The summed E-state index contributed by atoms with van der Waals surface area (Å²) in [6, 6.07) is 0. The van der Waals surface area contributed by atoms with Gasteiger partial charge in [-0.25, -0.2) is 4.57 Å². The third-order valence-electron chi connectivity index (χ3n) is 8.77. The van der Waals surface area contributed by atoms with Gasteiger partial charge in [0.2, 0.25) is 0 Å². The monoisotopic (exact) mass is 897 g/mol. The predicted octanol–water partition coefficient (Wildman–Crippen LogP) is 12.4. The predicted molar refractivity (Wildman–Crippen MR) is 262 cm³/mol. The zero-order valence-corrected chi connectivity index (χ0v) is 40.2. The van der Waals surface area contributed by atoms with Crippen LogP contribution in [0.3, 0.4) is 0 Å². The summed E-state index contributed by atoms with van der Waals surface area (Å²) in [4.78, 5) is 35.4. The number of carbonyl (C=O) groups excluding carboxylic acids is 2. The summed E-state index contributed by atoms with van der Waals surface area (Å²) in [6.45, 7) is 3.96. The molecule has 0 aromatic rings. The number of quaternary nitrogens is 1. The van der Waals surface area contributed by atoms with Crippen LogP contribution < -0.4 is 0 Å². The van der Waals surface area contributed by atoms with E-state index in [9.17, 15) is 24.2 Å². The average molecular weight is 897 g/mol. The lowest BCUT2D eigenvalue weighted by Crippen LogP contribution is -2.37. The molecule has 0 aliphatic heterocycles. The number of carbonyl (C=O) groups is 2. The summed E-state index contributed by atoms with van der Waals surface area (Å²) in [5, 5.41) is 9.85. The van der Waals surface area contributed by atoms with Crippen molar-refractivity contribution in [3.63, 3.8) is 0 Å². The third-order valence-corrected chi connectivity index (χ3v) is 9.76. The van der Waals surface area contributed by atoms with Crippen molar-refractivity contribution in [1.82, 2.24) is 0 Å². The molecule has 0 aromatic heterocycles. The van der Waals surface area contributed by atoms with E-state index in [2.05, 4.69) is 86.8 Å². The van der Waals surface area contributed by atoms with E-state index >= 15 is 0 Å². The Hall–Kier alpha value is -3.89. The highest BCUT2D eigenvalue weighted by molar-refractivity contribution is 7.47. The zero-order valence-electron chi connectivity index (χ0n) is 39.4. The van der Waals surface area contributed by atoms with Gasteiger partial charge in [0.1, 0.15) is 19.8 Å². The molecule has 0 saturated carbocycles. The number of phosphoric acid groups is 1. The molecule has 3 atom stereocenters. The molecule has 2 unspecified atom stereocenters. The Balaban J connectivity index is 4.64. The van der Waals surface area contributed by atoms with E-state index in [1.54, 1.807) is 6.08 Å². The Bertz CT molecular complexity index is 1540. The third kappa shape index (κ3) is 45.9. The van der Waals surface area contributed by atoms with Gasteiger partial charge in [-0.05, 0) is 83.5 Å². The van der Waals surface area contributed by atoms with Crippen molar-refractivity contribution in [2.45, 2.75) is 135 Å². The Morgan fingerprint density at radius 2 is 1.08 bits per heavy atom. The number of esters is 2. The highest BCUT2D eigenvalue weighted by atomic mass is 31.2. The number of rotatable bonds is 39. The van der Waals surface area contributed by atoms with Crippen LogP contribution in [-0.4, -0.2) is 86.1 Å². The SMILES string of the molecule is CC/C=C\CC(O)/C=C/C=C/C/C=C\C/C=C\C/C=C\CCC(=O)OC[C@H](COP(=O)(O)OCC[N+](C)(C)C)OC(=O)CC/C=C\C/C=C\C/C=C\C/C=C\C/C=C\CCCCC. The molecule has 0 bridgehead atoms. The Labute approximate surface area is 382 Å². The van der Waals surface area contributed by atoms with Crippen LogP contribution in [0.1, 0.15) is 123 Å². The summed E-state index contributed by atoms with van der Waals surface area (Å²) in [7, 11) is 1.34. The summed E-state index contributed by atoms with van der Waals surface area (Å²) in [5.41, 5.74) is 0. The quantitative estimate of drug-likeness (QED) is 0.0155. The molecule has 11 heteroatoms. The molecule has 2 N–H and O–H groups in total. The molecule has 0 aliphatic rings. The van der Waals surface area contributed by atoms with Gasteiger partial charge in [0, 0.05) is 12.8 Å². The lowest BCUT2D eigenvalue weighted by atomic mass is 10.2. The van der Waals surface area contributed by atoms with E-state index in [1.165, 1.54) is 25.7 Å². The average Bonchev–Trinajstić information content (AvgIpc) is 3.23. The highest BCUT2D eigenvalue weighted by Gasteiger charge is 2.27. The highest BCUT2D eigenvalue weighted by Crippen LogP contribution is 2.43. The van der Waals surface area contributed by atoms with Crippen molar-refractivity contribution < 1.29 is 47.2 Å².